The van der Waals surface area contributed by atoms with E-state index in [-0.39, 0.29) is 18.3 Å². The van der Waals surface area contributed by atoms with E-state index in [0.717, 1.165) is 11.3 Å². The Labute approximate surface area is 117 Å². The Morgan fingerprint density at radius 2 is 1.95 bits per heavy atom. The summed E-state index contributed by atoms with van der Waals surface area (Å²) in [6.07, 6.45) is 0. The molecular formula is C15H17FN2O2. The summed E-state index contributed by atoms with van der Waals surface area (Å²) in [5, 5.41) is 5.69. The van der Waals surface area contributed by atoms with Crippen molar-refractivity contribution in [2.24, 2.45) is 0 Å². The number of likely N-dealkylation sites (N-methyl/N-ethyl adjacent to an activating group) is 1. The second-order valence-corrected chi connectivity index (χ2v) is 4.33. The van der Waals surface area contributed by atoms with Gasteiger partial charge in [-0.15, -0.1) is 0 Å². The average Bonchev–Trinajstić information content (AvgIpc) is 2.89. The number of hydrogen-bond acceptors (Lipinski definition) is 3. The molecule has 0 saturated carbocycles. The molecule has 0 atom stereocenters. The molecule has 1 heterocycles. The summed E-state index contributed by atoms with van der Waals surface area (Å²) in [5.74, 6) is 1.09. The van der Waals surface area contributed by atoms with E-state index in [1.54, 1.807) is 12.1 Å². The first-order chi connectivity index (χ1) is 9.69. The number of carbonyl (C=O) groups is 1. The summed E-state index contributed by atoms with van der Waals surface area (Å²) >= 11 is 0. The zero-order chi connectivity index (χ0) is 14.4. The van der Waals surface area contributed by atoms with Crippen LogP contribution in [0.2, 0.25) is 0 Å². The molecule has 0 spiro atoms. The van der Waals surface area contributed by atoms with Crippen LogP contribution in [0.25, 0.3) is 11.3 Å². The average molecular weight is 276 g/mol. The number of rotatable bonds is 6. The van der Waals surface area contributed by atoms with Gasteiger partial charge in [0.15, 0.2) is 0 Å². The molecule has 0 aliphatic heterocycles. The van der Waals surface area contributed by atoms with E-state index in [2.05, 4.69) is 10.6 Å². The molecule has 0 unspecified atom stereocenters. The molecule has 0 aliphatic carbocycles. The van der Waals surface area contributed by atoms with E-state index >= 15 is 0 Å². The number of furan rings is 1. The lowest BCUT2D eigenvalue weighted by Crippen LogP contribution is -2.33. The smallest absolute Gasteiger partial charge is 0.233 e. The van der Waals surface area contributed by atoms with Gasteiger partial charge in [-0.05, 0) is 43.3 Å². The molecule has 0 saturated heterocycles. The third kappa shape index (κ3) is 3.93. The van der Waals surface area contributed by atoms with Crippen molar-refractivity contribution in [3.05, 3.63) is 48.0 Å². The minimum absolute atomic E-state index is 0.0437. The van der Waals surface area contributed by atoms with Crippen LogP contribution in [0.5, 0.6) is 0 Å². The topological polar surface area (TPSA) is 54.3 Å². The van der Waals surface area contributed by atoms with E-state index in [4.69, 9.17) is 4.42 Å². The Balaban J connectivity index is 1.89. The van der Waals surface area contributed by atoms with Gasteiger partial charge >= 0.3 is 0 Å². The summed E-state index contributed by atoms with van der Waals surface area (Å²) in [6.45, 7) is 3.22. The SMILES string of the molecule is CCNC(=O)CNCc1ccc(-c2ccc(F)cc2)o1. The highest BCUT2D eigenvalue weighted by atomic mass is 19.1. The van der Waals surface area contributed by atoms with Crippen LogP contribution in [-0.2, 0) is 11.3 Å². The van der Waals surface area contributed by atoms with E-state index in [0.29, 0.717) is 18.8 Å². The molecule has 0 fully saturated rings. The molecule has 2 N–H and O–H groups in total. The highest BCUT2D eigenvalue weighted by Crippen LogP contribution is 2.22. The largest absolute Gasteiger partial charge is 0.460 e. The minimum Gasteiger partial charge on any atom is -0.460 e. The fourth-order valence-corrected chi connectivity index (χ4v) is 1.80. The van der Waals surface area contributed by atoms with Crippen molar-refractivity contribution in [1.82, 2.24) is 10.6 Å². The maximum atomic E-state index is 12.8. The quantitative estimate of drug-likeness (QED) is 0.851. The Bertz CT molecular complexity index is 564. The van der Waals surface area contributed by atoms with Gasteiger partial charge in [-0.1, -0.05) is 0 Å². The van der Waals surface area contributed by atoms with Gasteiger partial charge in [-0.25, -0.2) is 4.39 Å². The van der Waals surface area contributed by atoms with Gasteiger partial charge in [0.05, 0.1) is 13.1 Å². The highest BCUT2D eigenvalue weighted by molar-refractivity contribution is 5.77. The fraction of sp³-hybridized carbons (Fsp3) is 0.267. The molecule has 1 aromatic heterocycles. The van der Waals surface area contributed by atoms with Crippen LogP contribution in [0.4, 0.5) is 4.39 Å². The minimum atomic E-state index is -0.274. The second-order valence-electron chi connectivity index (χ2n) is 4.33. The molecule has 1 aromatic carbocycles. The highest BCUT2D eigenvalue weighted by Gasteiger charge is 2.05. The van der Waals surface area contributed by atoms with Crippen molar-refractivity contribution < 1.29 is 13.6 Å². The van der Waals surface area contributed by atoms with Crippen LogP contribution in [0, 0.1) is 5.82 Å². The normalized spacial score (nSPS) is 10.5. The lowest BCUT2D eigenvalue weighted by Gasteiger charge is -2.03. The molecule has 5 heteroatoms. The number of carbonyl (C=O) groups excluding carboxylic acids is 1. The summed E-state index contributed by atoms with van der Waals surface area (Å²) < 4.78 is 18.5. The maximum absolute atomic E-state index is 12.8. The first-order valence-corrected chi connectivity index (χ1v) is 6.51. The van der Waals surface area contributed by atoms with Crippen molar-refractivity contribution in [3.8, 4) is 11.3 Å². The maximum Gasteiger partial charge on any atom is 0.233 e. The third-order valence-electron chi connectivity index (χ3n) is 2.75. The zero-order valence-corrected chi connectivity index (χ0v) is 11.3. The van der Waals surface area contributed by atoms with Gasteiger partial charge in [0.1, 0.15) is 17.3 Å². The van der Waals surface area contributed by atoms with Crippen LogP contribution in [0.1, 0.15) is 12.7 Å². The predicted molar refractivity (Wildman–Crippen MR) is 74.5 cm³/mol. The van der Waals surface area contributed by atoms with Crippen molar-refractivity contribution in [1.29, 1.82) is 0 Å². The van der Waals surface area contributed by atoms with Gasteiger partial charge in [0, 0.05) is 12.1 Å². The zero-order valence-electron chi connectivity index (χ0n) is 11.3. The molecular weight excluding hydrogens is 259 g/mol. The molecule has 0 aliphatic rings. The Morgan fingerprint density at radius 3 is 2.65 bits per heavy atom. The monoisotopic (exact) mass is 276 g/mol. The van der Waals surface area contributed by atoms with Crippen LogP contribution < -0.4 is 10.6 Å². The van der Waals surface area contributed by atoms with E-state index in [1.165, 1.54) is 12.1 Å². The van der Waals surface area contributed by atoms with Crippen molar-refractivity contribution in [2.45, 2.75) is 13.5 Å². The van der Waals surface area contributed by atoms with Gasteiger partial charge in [-0.2, -0.15) is 0 Å². The van der Waals surface area contributed by atoms with E-state index < -0.39 is 0 Å². The second kappa shape index (κ2) is 6.86. The summed E-state index contributed by atoms with van der Waals surface area (Å²) in [6, 6.07) is 9.79. The number of halogens is 1. The lowest BCUT2D eigenvalue weighted by molar-refractivity contribution is -0.120. The number of hydrogen-bond donors (Lipinski definition) is 2. The van der Waals surface area contributed by atoms with Gasteiger partial charge in [0.2, 0.25) is 5.91 Å². The van der Waals surface area contributed by atoms with Crippen molar-refractivity contribution in [3.63, 3.8) is 0 Å². The molecule has 0 radical (unpaired) electrons. The van der Waals surface area contributed by atoms with Gasteiger partial charge in [-0.3, -0.25) is 4.79 Å². The van der Waals surface area contributed by atoms with E-state index in [1.807, 2.05) is 19.1 Å². The summed E-state index contributed by atoms with van der Waals surface area (Å²) in [4.78, 5) is 11.3. The molecule has 4 nitrogen and oxygen atoms in total. The Hall–Kier alpha value is -2.14. The first-order valence-electron chi connectivity index (χ1n) is 6.51. The molecule has 2 rings (SSSR count). The number of nitrogens with one attached hydrogen (secondary N) is 2. The molecule has 0 bridgehead atoms. The number of benzene rings is 1. The molecule has 1 amide bonds. The van der Waals surface area contributed by atoms with Crippen LogP contribution in [-0.4, -0.2) is 19.0 Å². The Morgan fingerprint density at radius 1 is 1.20 bits per heavy atom. The van der Waals surface area contributed by atoms with Crippen molar-refractivity contribution >= 4 is 5.91 Å². The third-order valence-corrected chi connectivity index (χ3v) is 2.75. The molecule has 2 aromatic rings. The van der Waals surface area contributed by atoms with Crippen LogP contribution in [0.15, 0.2) is 40.8 Å². The molecule has 20 heavy (non-hydrogen) atoms. The predicted octanol–water partition coefficient (Wildman–Crippen LogP) is 2.31. The van der Waals surface area contributed by atoms with E-state index in [9.17, 15) is 9.18 Å². The van der Waals surface area contributed by atoms with Crippen LogP contribution in [0.3, 0.4) is 0 Å². The van der Waals surface area contributed by atoms with Gasteiger partial charge in [0.25, 0.3) is 0 Å². The van der Waals surface area contributed by atoms with Gasteiger partial charge < -0.3 is 15.1 Å². The van der Waals surface area contributed by atoms with Crippen molar-refractivity contribution in [2.75, 3.05) is 13.1 Å². The number of amides is 1. The summed E-state index contributed by atoms with van der Waals surface area (Å²) in [7, 11) is 0. The standard InChI is InChI=1S/C15H17FN2O2/c1-2-18-15(19)10-17-9-13-7-8-14(20-13)11-3-5-12(16)6-4-11/h3-8,17H,2,9-10H2,1H3,(H,18,19). The Kier molecular flexibility index (Phi) is 4.90. The van der Waals surface area contributed by atoms with Crippen LogP contribution >= 0.6 is 0 Å². The summed E-state index contributed by atoms with van der Waals surface area (Å²) in [5.41, 5.74) is 0.821. The fourth-order valence-electron chi connectivity index (χ4n) is 1.80. The first kappa shape index (κ1) is 14.3. The lowest BCUT2D eigenvalue weighted by atomic mass is 10.2. The molecule has 106 valence electrons.